The molecule has 1 saturated heterocycles. The minimum absolute atomic E-state index is 0.754. The fourth-order valence-corrected chi connectivity index (χ4v) is 3.88. The molecule has 29 heavy (non-hydrogen) atoms. The number of hydrogen-bond donors (Lipinski definition) is 3. The van der Waals surface area contributed by atoms with Crippen LogP contribution in [0.25, 0.3) is 16.0 Å². The molecule has 4 rings (SSSR count). The van der Waals surface area contributed by atoms with E-state index in [1.54, 1.807) is 17.5 Å². The number of hydrogen-bond acceptors (Lipinski definition) is 9. The number of rotatable bonds is 6. The highest BCUT2D eigenvalue weighted by atomic mass is 32.1. The first-order chi connectivity index (χ1) is 14.2. The summed E-state index contributed by atoms with van der Waals surface area (Å²) in [5.74, 6) is 6.15. The first-order valence-corrected chi connectivity index (χ1v) is 10.1. The number of aromatic nitrogens is 3. The summed E-state index contributed by atoms with van der Waals surface area (Å²) in [4.78, 5) is 16.6. The van der Waals surface area contributed by atoms with Crippen LogP contribution in [0.2, 0.25) is 0 Å². The Morgan fingerprint density at radius 2 is 2.07 bits per heavy atom. The Hall–Kier alpha value is -3.01. The average Bonchev–Trinajstić information content (AvgIpc) is 3.23. The predicted molar refractivity (Wildman–Crippen MR) is 117 cm³/mol. The molecule has 0 radical (unpaired) electrons. The SMILES string of the molecule is C/C(=C\NN)c1cncc(-c2cnc(Nc3cc(N4CCOCC4)ccn3)s2)c1. The number of nitrogens with one attached hydrogen (secondary N) is 2. The van der Waals surface area contributed by atoms with E-state index in [4.69, 9.17) is 10.6 Å². The van der Waals surface area contributed by atoms with Gasteiger partial charge in [-0.25, -0.2) is 9.97 Å². The highest BCUT2D eigenvalue weighted by Gasteiger charge is 2.13. The Labute approximate surface area is 173 Å². The van der Waals surface area contributed by atoms with Gasteiger partial charge in [-0.2, -0.15) is 0 Å². The highest BCUT2D eigenvalue weighted by molar-refractivity contribution is 7.18. The van der Waals surface area contributed by atoms with Crippen LogP contribution in [0.3, 0.4) is 0 Å². The molecule has 150 valence electrons. The zero-order valence-corrected chi connectivity index (χ0v) is 16.9. The maximum absolute atomic E-state index is 5.43. The van der Waals surface area contributed by atoms with Gasteiger partial charge in [-0.3, -0.25) is 10.8 Å². The van der Waals surface area contributed by atoms with Crippen molar-refractivity contribution in [2.24, 2.45) is 5.84 Å². The first-order valence-electron chi connectivity index (χ1n) is 9.33. The molecular weight excluding hydrogens is 386 g/mol. The Morgan fingerprint density at radius 3 is 2.90 bits per heavy atom. The number of thiazole rings is 1. The smallest absolute Gasteiger partial charge is 0.188 e. The Kier molecular flexibility index (Phi) is 5.99. The van der Waals surface area contributed by atoms with Gasteiger partial charge in [-0.15, -0.1) is 0 Å². The lowest BCUT2D eigenvalue weighted by atomic mass is 10.1. The second-order valence-corrected chi connectivity index (χ2v) is 7.64. The second-order valence-electron chi connectivity index (χ2n) is 6.61. The molecule has 0 bridgehead atoms. The zero-order chi connectivity index (χ0) is 20.1. The van der Waals surface area contributed by atoms with E-state index in [0.29, 0.717) is 0 Å². The Bertz CT molecular complexity index is 998. The summed E-state index contributed by atoms with van der Waals surface area (Å²) in [6.45, 7) is 5.27. The van der Waals surface area contributed by atoms with E-state index in [0.717, 1.165) is 64.5 Å². The minimum atomic E-state index is 0.754. The Balaban J connectivity index is 1.50. The molecule has 1 aliphatic heterocycles. The van der Waals surface area contributed by atoms with Gasteiger partial charge in [0.05, 0.1) is 18.1 Å². The molecule has 3 aromatic rings. The molecule has 4 heterocycles. The van der Waals surface area contributed by atoms with Crippen molar-refractivity contribution in [3.8, 4) is 10.4 Å². The van der Waals surface area contributed by atoms with E-state index >= 15 is 0 Å². The van der Waals surface area contributed by atoms with Gasteiger partial charge in [-0.1, -0.05) is 11.3 Å². The number of ether oxygens (including phenoxy) is 1. The van der Waals surface area contributed by atoms with Crippen molar-refractivity contribution in [3.63, 3.8) is 0 Å². The third kappa shape index (κ3) is 4.70. The number of hydrazine groups is 1. The molecule has 0 saturated carbocycles. The topological polar surface area (TPSA) is 101 Å². The number of nitrogens with zero attached hydrogens (tertiary/aromatic N) is 4. The third-order valence-electron chi connectivity index (χ3n) is 4.64. The molecule has 1 aliphatic rings. The number of pyridine rings is 2. The van der Waals surface area contributed by atoms with Crippen molar-refractivity contribution < 1.29 is 4.74 Å². The number of nitrogens with two attached hydrogens (primary N) is 1. The molecule has 1 fully saturated rings. The summed E-state index contributed by atoms with van der Waals surface area (Å²) in [6, 6.07) is 6.14. The maximum Gasteiger partial charge on any atom is 0.188 e. The number of allylic oxidation sites excluding steroid dienone is 1. The summed E-state index contributed by atoms with van der Waals surface area (Å²) in [5, 5.41) is 4.10. The lowest BCUT2D eigenvalue weighted by Crippen LogP contribution is -2.36. The highest BCUT2D eigenvalue weighted by Crippen LogP contribution is 2.31. The fourth-order valence-electron chi connectivity index (χ4n) is 3.08. The molecule has 0 spiro atoms. The third-order valence-corrected chi connectivity index (χ3v) is 5.60. The molecule has 0 amide bonds. The molecule has 4 N–H and O–H groups in total. The minimum Gasteiger partial charge on any atom is -0.378 e. The average molecular weight is 410 g/mol. The van der Waals surface area contributed by atoms with Gasteiger partial charge in [0.25, 0.3) is 0 Å². The summed E-state index contributed by atoms with van der Waals surface area (Å²) < 4.78 is 5.43. The van der Waals surface area contributed by atoms with Crippen LogP contribution in [0, 0.1) is 0 Å². The van der Waals surface area contributed by atoms with Crippen molar-refractivity contribution in [2.45, 2.75) is 6.92 Å². The molecule has 0 aromatic carbocycles. The van der Waals surface area contributed by atoms with Crippen molar-refractivity contribution >= 4 is 33.5 Å². The Morgan fingerprint density at radius 1 is 1.21 bits per heavy atom. The second kappa shape index (κ2) is 8.99. The summed E-state index contributed by atoms with van der Waals surface area (Å²) in [5.41, 5.74) is 6.71. The monoisotopic (exact) mass is 409 g/mol. The van der Waals surface area contributed by atoms with Gasteiger partial charge in [0, 0.05) is 61.4 Å². The normalized spacial score (nSPS) is 14.7. The van der Waals surface area contributed by atoms with Gasteiger partial charge in [0.2, 0.25) is 0 Å². The van der Waals surface area contributed by atoms with Crippen LogP contribution < -0.4 is 21.5 Å². The van der Waals surface area contributed by atoms with E-state index in [2.05, 4.69) is 36.7 Å². The quantitative estimate of drug-likeness (QED) is 0.422. The van der Waals surface area contributed by atoms with Gasteiger partial charge in [0.15, 0.2) is 5.13 Å². The molecular formula is C20H23N7OS. The predicted octanol–water partition coefficient (Wildman–Crippen LogP) is 3.00. The zero-order valence-electron chi connectivity index (χ0n) is 16.1. The van der Waals surface area contributed by atoms with Crippen molar-refractivity contribution in [3.05, 3.63) is 54.7 Å². The molecule has 0 unspecified atom stereocenters. The van der Waals surface area contributed by atoms with Crippen LogP contribution in [0.4, 0.5) is 16.6 Å². The van der Waals surface area contributed by atoms with Crippen LogP contribution in [0.15, 0.2) is 49.2 Å². The van der Waals surface area contributed by atoms with E-state index in [9.17, 15) is 0 Å². The van der Waals surface area contributed by atoms with E-state index in [-0.39, 0.29) is 0 Å². The van der Waals surface area contributed by atoms with Crippen molar-refractivity contribution in [2.75, 3.05) is 36.5 Å². The lowest BCUT2D eigenvalue weighted by molar-refractivity contribution is 0.122. The van der Waals surface area contributed by atoms with Crippen LogP contribution in [0.5, 0.6) is 0 Å². The van der Waals surface area contributed by atoms with E-state index < -0.39 is 0 Å². The van der Waals surface area contributed by atoms with Gasteiger partial charge in [0.1, 0.15) is 5.82 Å². The number of anilines is 3. The summed E-state index contributed by atoms with van der Waals surface area (Å²) in [6.07, 6.45) is 9.05. The van der Waals surface area contributed by atoms with E-state index in [1.807, 2.05) is 43.8 Å². The van der Waals surface area contributed by atoms with Crippen LogP contribution in [-0.4, -0.2) is 41.3 Å². The fraction of sp³-hybridized carbons (Fsp3) is 0.250. The first kappa shape index (κ1) is 19.3. The summed E-state index contributed by atoms with van der Waals surface area (Å²) >= 11 is 1.56. The van der Waals surface area contributed by atoms with Gasteiger partial charge in [-0.05, 0) is 30.2 Å². The van der Waals surface area contributed by atoms with Crippen LogP contribution >= 0.6 is 11.3 Å². The van der Waals surface area contributed by atoms with Crippen LogP contribution in [-0.2, 0) is 4.74 Å². The molecule has 8 nitrogen and oxygen atoms in total. The largest absolute Gasteiger partial charge is 0.378 e. The van der Waals surface area contributed by atoms with Crippen molar-refractivity contribution in [1.82, 2.24) is 20.4 Å². The molecule has 9 heteroatoms. The summed E-state index contributed by atoms with van der Waals surface area (Å²) in [7, 11) is 0. The lowest BCUT2D eigenvalue weighted by Gasteiger charge is -2.28. The maximum atomic E-state index is 5.43. The van der Waals surface area contributed by atoms with Gasteiger partial charge < -0.3 is 20.4 Å². The molecule has 3 aromatic heterocycles. The van der Waals surface area contributed by atoms with E-state index in [1.165, 1.54) is 0 Å². The number of morpholine rings is 1. The van der Waals surface area contributed by atoms with Crippen LogP contribution in [0.1, 0.15) is 12.5 Å². The standard InChI is InChI=1S/C20H23N7OS/c1-14(10-25-21)15-8-16(12-22-11-15)18-13-24-20(29-18)26-19-9-17(2-3-23-19)27-4-6-28-7-5-27/h2-3,8-13,25H,4-7,21H2,1H3,(H,23,24,26)/b14-10+. The van der Waals surface area contributed by atoms with Gasteiger partial charge >= 0.3 is 0 Å². The molecule has 0 atom stereocenters. The molecule has 0 aliphatic carbocycles. The van der Waals surface area contributed by atoms with Crippen molar-refractivity contribution in [1.29, 1.82) is 0 Å².